The molecular formula is C15H24N2O2. The van der Waals surface area contributed by atoms with Gasteiger partial charge >= 0.3 is 0 Å². The third kappa shape index (κ3) is 3.01. The van der Waals surface area contributed by atoms with Crippen LogP contribution in [-0.4, -0.2) is 52.7 Å². The summed E-state index contributed by atoms with van der Waals surface area (Å²) in [6.45, 7) is 7.35. The predicted molar refractivity (Wildman–Crippen MR) is 76.5 cm³/mol. The zero-order valence-corrected chi connectivity index (χ0v) is 12.0. The maximum Gasteiger partial charge on any atom is 0.124 e. The minimum Gasteiger partial charge on any atom is -0.507 e. The van der Waals surface area contributed by atoms with E-state index in [9.17, 15) is 10.2 Å². The fourth-order valence-corrected chi connectivity index (χ4v) is 3.10. The molecule has 1 aliphatic heterocycles. The van der Waals surface area contributed by atoms with Crippen molar-refractivity contribution in [2.45, 2.75) is 32.4 Å². The molecule has 19 heavy (non-hydrogen) atoms. The van der Waals surface area contributed by atoms with Crippen molar-refractivity contribution >= 4 is 0 Å². The maximum absolute atomic E-state index is 10.0. The van der Waals surface area contributed by atoms with Crippen molar-refractivity contribution in [2.75, 3.05) is 26.7 Å². The molecule has 0 radical (unpaired) electrons. The predicted octanol–water partition coefficient (Wildman–Crippen LogP) is 2.18. The molecule has 4 nitrogen and oxygen atoms in total. The van der Waals surface area contributed by atoms with Crippen LogP contribution in [-0.2, 0) is 0 Å². The number of benzene rings is 1. The molecule has 0 aliphatic carbocycles. The van der Waals surface area contributed by atoms with Crippen LogP contribution in [0.1, 0.15) is 31.9 Å². The molecule has 0 aromatic heterocycles. The van der Waals surface area contributed by atoms with Gasteiger partial charge in [-0.1, -0.05) is 6.07 Å². The van der Waals surface area contributed by atoms with Gasteiger partial charge in [0.1, 0.15) is 11.5 Å². The van der Waals surface area contributed by atoms with Crippen LogP contribution in [0.15, 0.2) is 18.2 Å². The van der Waals surface area contributed by atoms with E-state index in [1.54, 1.807) is 18.2 Å². The summed E-state index contributed by atoms with van der Waals surface area (Å²) in [7, 11) is 2.14. The number of hydrogen-bond acceptors (Lipinski definition) is 4. The monoisotopic (exact) mass is 264 g/mol. The highest BCUT2D eigenvalue weighted by Crippen LogP contribution is 2.36. The van der Waals surface area contributed by atoms with Gasteiger partial charge in [-0.25, -0.2) is 0 Å². The number of nitrogens with zero attached hydrogens (tertiary/aromatic N) is 2. The Hall–Kier alpha value is -1.26. The molecule has 1 fully saturated rings. The number of hydrogen-bond donors (Lipinski definition) is 2. The van der Waals surface area contributed by atoms with Crippen molar-refractivity contribution in [2.24, 2.45) is 0 Å². The van der Waals surface area contributed by atoms with Crippen LogP contribution < -0.4 is 0 Å². The van der Waals surface area contributed by atoms with Gasteiger partial charge in [0, 0.05) is 25.2 Å². The molecule has 1 aromatic rings. The topological polar surface area (TPSA) is 46.9 Å². The zero-order chi connectivity index (χ0) is 14.0. The summed E-state index contributed by atoms with van der Waals surface area (Å²) in [6.07, 6.45) is 1.11. The second-order valence-electron chi connectivity index (χ2n) is 5.59. The quantitative estimate of drug-likeness (QED) is 0.859. The molecule has 2 unspecified atom stereocenters. The van der Waals surface area contributed by atoms with E-state index < -0.39 is 0 Å². The minimum atomic E-state index is 0.0164. The number of phenolic OH excluding ortho intramolecular Hbond substituents is 2. The van der Waals surface area contributed by atoms with Crippen molar-refractivity contribution in [1.82, 2.24) is 9.80 Å². The molecule has 0 spiro atoms. The highest BCUT2D eigenvalue weighted by molar-refractivity contribution is 5.45. The van der Waals surface area contributed by atoms with E-state index >= 15 is 0 Å². The SMILES string of the molecule is CC1CN(C)CCCN1C(C)c1c(O)cccc1O. The number of phenols is 2. The van der Waals surface area contributed by atoms with Crippen molar-refractivity contribution in [3.63, 3.8) is 0 Å². The molecule has 2 atom stereocenters. The van der Waals surface area contributed by atoms with Crippen LogP contribution >= 0.6 is 0 Å². The lowest BCUT2D eigenvalue weighted by molar-refractivity contribution is 0.149. The normalized spacial score (nSPS) is 24.1. The van der Waals surface area contributed by atoms with E-state index in [1.807, 2.05) is 0 Å². The molecule has 106 valence electrons. The van der Waals surface area contributed by atoms with E-state index in [0.29, 0.717) is 11.6 Å². The van der Waals surface area contributed by atoms with Crippen LogP contribution in [0.4, 0.5) is 0 Å². The van der Waals surface area contributed by atoms with Gasteiger partial charge in [0.25, 0.3) is 0 Å². The molecule has 1 aromatic carbocycles. The Morgan fingerprint density at radius 3 is 2.47 bits per heavy atom. The van der Waals surface area contributed by atoms with Gasteiger partial charge in [0.05, 0.1) is 5.56 Å². The summed E-state index contributed by atoms with van der Waals surface area (Å²) in [6, 6.07) is 5.37. The van der Waals surface area contributed by atoms with E-state index in [2.05, 4.69) is 30.7 Å². The zero-order valence-electron chi connectivity index (χ0n) is 12.0. The number of aromatic hydroxyl groups is 2. The Balaban J connectivity index is 2.25. The third-order valence-corrected chi connectivity index (χ3v) is 4.07. The van der Waals surface area contributed by atoms with Crippen molar-refractivity contribution in [3.05, 3.63) is 23.8 Å². The van der Waals surface area contributed by atoms with E-state index in [1.165, 1.54) is 0 Å². The van der Waals surface area contributed by atoms with Crippen molar-refractivity contribution in [1.29, 1.82) is 0 Å². The Bertz CT molecular complexity index is 416. The summed E-state index contributed by atoms with van der Waals surface area (Å²) in [4.78, 5) is 4.69. The molecule has 1 heterocycles. The van der Waals surface area contributed by atoms with E-state index in [0.717, 1.165) is 26.1 Å². The second-order valence-corrected chi connectivity index (χ2v) is 5.59. The summed E-state index contributed by atoms with van der Waals surface area (Å²) in [5.74, 6) is 0.356. The molecule has 2 N–H and O–H groups in total. The maximum atomic E-state index is 10.0. The first kappa shape index (κ1) is 14.2. The van der Waals surface area contributed by atoms with Crippen LogP contribution in [0.5, 0.6) is 11.5 Å². The average molecular weight is 264 g/mol. The third-order valence-electron chi connectivity index (χ3n) is 4.07. The van der Waals surface area contributed by atoms with Crippen molar-refractivity contribution < 1.29 is 10.2 Å². The lowest BCUT2D eigenvalue weighted by Gasteiger charge is -2.34. The molecule has 2 rings (SSSR count). The van der Waals surface area contributed by atoms with Crippen LogP contribution in [0, 0.1) is 0 Å². The smallest absolute Gasteiger partial charge is 0.124 e. The van der Waals surface area contributed by atoms with Crippen LogP contribution in [0.3, 0.4) is 0 Å². The van der Waals surface area contributed by atoms with Gasteiger partial charge in [-0.05, 0) is 46.0 Å². The summed E-state index contributed by atoms with van der Waals surface area (Å²) < 4.78 is 0. The molecule has 0 amide bonds. The van der Waals surface area contributed by atoms with Crippen LogP contribution in [0.25, 0.3) is 0 Å². The molecule has 1 aliphatic rings. The van der Waals surface area contributed by atoms with Gasteiger partial charge < -0.3 is 15.1 Å². The first-order valence-electron chi connectivity index (χ1n) is 6.96. The highest BCUT2D eigenvalue weighted by Gasteiger charge is 2.27. The Labute approximate surface area is 115 Å². The standard InChI is InChI=1S/C15H24N2O2/c1-11-10-16(3)8-5-9-17(11)12(2)15-13(18)6-4-7-14(15)19/h4,6-7,11-12,18-19H,5,8-10H2,1-3H3. The minimum absolute atomic E-state index is 0.0164. The summed E-state index contributed by atoms with van der Waals surface area (Å²) in [5, 5.41) is 20.0. The lowest BCUT2D eigenvalue weighted by Crippen LogP contribution is -2.39. The van der Waals surface area contributed by atoms with Gasteiger partial charge in [-0.3, -0.25) is 4.90 Å². The summed E-state index contributed by atoms with van der Waals surface area (Å²) in [5.41, 5.74) is 0.638. The first-order chi connectivity index (χ1) is 9.00. The fourth-order valence-electron chi connectivity index (χ4n) is 3.10. The molecule has 0 saturated carbocycles. The highest BCUT2D eigenvalue weighted by atomic mass is 16.3. The first-order valence-corrected chi connectivity index (χ1v) is 6.96. The lowest BCUT2D eigenvalue weighted by atomic mass is 10.0. The van der Waals surface area contributed by atoms with Gasteiger partial charge in [-0.2, -0.15) is 0 Å². The Morgan fingerprint density at radius 2 is 1.84 bits per heavy atom. The molecule has 0 bridgehead atoms. The second kappa shape index (κ2) is 5.80. The molecule has 1 saturated heterocycles. The molecular weight excluding hydrogens is 240 g/mol. The van der Waals surface area contributed by atoms with E-state index in [-0.39, 0.29) is 17.5 Å². The van der Waals surface area contributed by atoms with E-state index in [4.69, 9.17) is 0 Å². The summed E-state index contributed by atoms with van der Waals surface area (Å²) >= 11 is 0. The number of likely N-dealkylation sites (N-methyl/N-ethyl adjacent to an activating group) is 1. The fraction of sp³-hybridized carbons (Fsp3) is 0.600. The van der Waals surface area contributed by atoms with Crippen molar-refractivity contribution in [3.8, 4) is 11.5 Å². The molecule has 4 heteroatoms. The average Bonchev–Trinajstić information content (AvgIpc) is 2.49. The van der Waals surface area contributed by atoms with Gasteiger partial charge in [0.15, 0.2) is 0 Å². The largest absolute Gasteiger partial charge is 0.507 e. The van der Waals surface area contributed by atoms with Crippen LogP contribution in [0.2, 0.25) is 0 Å². The Morgan fingerprint density at radius 1 is 1.21 bits per heavy atom. The van der Waals surface area contributed by atoms with Gasteiger partial charge in [0.2, 0.25) is 0 Å². The van der Waals surface area contributed by atoms with Gasteiger partial charge in [-0.15, -0.1) is 0 Å². The number of rotatable bonds is 2. The Kier molecular flexibility index (Phi) is 4.32.